The number of alkyl halides is 5. The van der Waals surface area contributed by atoms with Gasteiger partial charge in [0.2, 0.25) is 5.92 Å². The van der Waals surface area contributed by atoms with Crippen LogP contribution < -0.4 is 10.6 Å². The van der Waals surface area contributed by atoms with Crippen molar-refractivity contribution in [3.63, 3.8) is 0 Å². The lowest BCUT2D eigenvalue weighted by Crippen LogP contribution is -2.40. The standard InChI is InChI=1S/C25H26F5N7O5/c1-40-13-18(36-11-19(25(28,29)30)34-22(36)38)15-8-20-33-17(10-37(20)31-9-15)21(14-2-5-24(26,27)6-3-14)35-23(39)41-12-16-4-7-32-42-16/h4,7-10,13-14,19,21H,2-3,5-6,11-12H2,1H3,(H,34,38)(H,35,39)/b18-13-/t19-,21-/m0/s1. The van der Waals surface area contributed by atoms with Crippen LogP contribution in [0, 0.1) is 5.92 Å². The molecule has 2 N–H and O–H groups in total. The topological polar surface area (TPSA) is 136 Å². The number of alkyl carbamates (subject to hydrolysis) is 1. The number of amides is 3. The van der Waals surface area contributed by atoms with Crippen LogP contribution in [0.1, 0.15) is 48.7 Å². The van der Waals surface area contributed by atoms with Crippen molar-refractivity contribution in [1.29, 1.82) is 0 Å². The lowest BCUT2D eigenvalue weighted by Gasteiger charge is -2.33. The Morgan fingerprint density at radius 1 is 1.33 bits per heavy atom. The van der Waals surface area contributed by atoms with Crippen molar-refractivity contribution in [2.45, 2.75) is 56.5 Å². The highest BCUT2D eigenvalue weighted by Crippen LogP contribution is 2.41. The zero-order valence-corrected chi connectivity index (χ0v) is 22.1. The number of carbonyl (C=O) groups is 2. The van der Waals surface area contributed by atoms with Crippen LogP contribution in [0.3, 0.4) is 0 Å². The molecule has 1 aliphatic heterocycles. The van der Waals surface area contributed by atoms with E-state index < -0.39 is 48.8 Å². The maximum Gasteiger partial charge on any atom is 0.410 e. The molecule has 42 heavy (non-hydrogen) atoms. The molecule has 0 bridgehead atoms. The van der Waals surface area contributed by atoms with Crippen molar-refractivity contribution < 1.29 is 45.5 Å². The summed E-state index contributed by atoms with van der Waals surface area (Å²) in [5.74, 6) is -2.90. The Morgan fingerprint density at radius 3 is 2.74 bits per heavy atom. The van der Waals surface area contributed by atoms with Crippen LogP contribution in [0.2, 0.25) is 0 Å². The summed E-state index contributed by atoms with van der Waals surface area (Å²) in [5, 5.41) is 12.4. The van der Waals surface area contributed by atoms with Crippen molar-refractivity contribution in [2.75, 3.05) is 13.7 Å². The third-order valence-electron chi connectivity index (χ3n) is 7.12. The fourth-order valence-electron chi connectivity index (χ4n) is 4.97. The summed E-state index contributed by atoms with van der Waals surface area (Å²) in [7, 11) is 1.28. The Bertz CT molecular complexity index is 1450. The van der Waals surface area contributed by atoms with E-state index in [0.29, 0.717) is 11.5 Å². The minimum atomic E-state index is -4.65. The minimum absolute atomic E-state index is 0.0153. The van der Waals surface area contributed by atoms with Crippen LogP contribution in [0.15, 0.2) is 41.5 Å². The predicted molar refractivity (Wildman–Crippen MR) is 133 cm³/mol. The molecule has 2 atom stereocenters. The van der Waals surface area contributed by atoms with Gasteiger partial charge in [0, 0.05) is 24.5 Å². The highest BCUT2D eigenvalue weighted by atomic mass is 19.4. The first-order valence-corrected chi connectivity index (χ1v) is 12.9. The minimum Gasteiger partial charge on any atom is -0.502 e. The summed E-state index contributed by atoms with van der Waals surface area (Å²) in [4.78, 5) is 30.5. The van der Waals surface area contributed by atoms with E-state index in [2.05, 4.69) is 20.6 Å². The molecule has 2 aliphatic rings. The van der Waals surface area contributed by atoms with Gasteiger partial charge in [0.15, 0.2) is 18.0 Å². The first kappa shape index (κ1) is 29.1. The molecule has 1 saturated carbocycles. The van der Waals surface area contributed by atoms with Crippen LogP contribution >= 0.6 is 0 Å². The molecule has 5 rings (SSSR count). The van der Waals surface area contributed by atoms with Crippen molar-refractivity contribution in [1.82, 2.24) is 35.3 Å². The molecule has 3 aromatic heterocycles. The number of rotatable bonds is 8. The molecule has 17 heteroatoms. The van der Waals surface area contributed by atoms with Gasteiger partial charge in [-0.3, -0.25) is 4.90 Å². The average Bonchev–Trinajstić information content (AvgIpc) is 3.69. The van der Waals surface area contributed by atoms with Gasteiger partial charge < -0.3 is 24.6 Å². The van der Waals surface area contributed by atoms with Gasteiger partial charge in [0.1, 0.15) is 12.3 Å². The Kier molecular flexibility index (Phi) is 7.92. The van der Waals surface area contributed by atoms with E-state index in [1.54, 1.807) is 0 Å². The molecule has 226 valence electrons. The zero-order valence-electron chi connectivity index (χ0n) is 22.1. The molecule has 1 aliphatic carbocycles. The third-order valence-corrected chi connectivity index (χ3v) is 7.12. The number of nitrogens with one attached hydrogen (secondary N) is 2. The summed E-state index contributed by atoms with van der Waals surface area (Å²) in [6.45, 7) is -0.887. The zero-order chi connectivity index (χ0) is 30.1. The lowest BCUT2D eigenvalue weighted by molar-refractivity contribution is -0.149. The van der Waals surface area contributed by atoms with Crippen molar-refractivity contribution >= 4 is 23.5 Å². The van der Waals surface area contributed by atoms with Crippen LogP contribution in [-0.4, -0.2) is 68.6 Å². The Hall–Kier alpha value is -4.44. The number of imidazole rings is 1. The average molecular weight is 600 g/mol. The Balaban J connectivity index is 1.41. The smallest absolute Gasteiger partial charge is 0.410 e. The fraction of sp³-hybridized carbons (Fsp3) is 0.480. The third kappa shape index (κ3) is 6.38. The Morgan fingerprint density at radius 2 is 2.10 bits per heavy atom. The van der Waals surface area contributed by atoms with Gasteiger partial charge in [-0.05, 0) is 24.8 Å². The van der Waals surface area contributed by atoms with E-state index in [4.69, 9.17) is 14.0 Å². The number of hydrogen-bond donors (Lipinski definition) is 2. The Labute approximate surface area is 234 Å². The number of urea groups is 1. The van der Waals surface area contributed by atoms with Gasteiger partial charge in [-0.1, -0.05) is 5.16 Å². The van der Waals surface area contributed by atoms with E-state index in [9.17, 15) is 31.5 Å². The highest BCUT2D eigenvalue weighted by Gasteiger charge is 2.48. The number of aromatic nitrogens is 4. The molecule has 0 radical (unpaired) electrons. The molecule has 0 aromatic carbocycles. The molecule has 4 heterocycles. The summed E-state index contributed by atoms with van der Waals surface area (Å²) in [6, 6.07) is -0.866. The molecule has 0 spiro atoms. The van der Waals surface area contributed by atoms with Crippen LogP contribution in [-0.2, 0) is 16.1 Å². The van der Waals surface area contributed by atoms with Crippen molar-refractivity contribution in [3.05, 3.63) is 54.0 Å². The number of hydrogen-bond acceptors (Lipinski definition) is 8. The second-order valence-corrected chi connectivity index (χ2v) is 9.98. The van der Waals surface area contributed by atoms with Gasteiger partial charge in [0.25, 0.3) is 0 Å². The summed E-state index contributed by atoms with van der Waals surface area (Å²) >= 11 is 0. The molecule has 0 unspecified atom stereocenters. The second kappa shape index (κ2) is 11.4. The second-order valence-electron chi connectivity index (χ2n) is 9.98. The van der Waals surface area contributed by atoms with Crippen molar-refractivity contribution in [3.8, 4) is 0 Å². The quantitative estimate of drug-likeness (QED) is 0.287. The first-order chi connectivity index (χ1) is 19.9. The molecule has 3 aromatic rings. The van der Waals surface area contributed by atoms with E-state index in [1.807, 2.05) is 5.32 Å². The van der Waals surface area contributed by atoms with E-state index in [1.165, 1.54) is 42.3 Å². The van der Waals surface area contributed by atoms with Gasteiger partial charge in [-0.2, -0.15) is 18.3 Å². The number of fused-ring (bicyclic) bond motifs is 1. The van der Waals surface area contributed by atoms with Crippen molar-refractivity contribution in [2.24, 2.45) is 5.92 Å². The lowest BCUT2D eigenvalue weighted by atomic mass is 9.81. The summed E-state index contributed by atoms with van der Waals surface area (Å²) in [5.41, 5.74) is 0.772. The van der Waals surface area contributed by atoms with E-state index in [-0.39, 0.29) is 49.2 Å². The number of halogens is 5. The van der Waals surface area contributed by atoms with Gasteiger partial charge >= 0.3 is 18.3 Å². The predicted octanol–water partition coefficient (Wildman–Crippen LogP) is 4.41. The number of methoxy groups -OCH3 is 1. The monoisotopic (exact) mass is 599 g/mol. The fourth-order valence-corrected chi connectivity index (χ4v) is 4.97. The summed E-state index contributed by atoms with van der Waals surface area (Å²) in [6.07, 6.45) is -0.656. The van der Waals surface area contributed by atoms with Gasteiger partial charge in [-0.15, -0.1) is 0 Å². The summed E-state index contributed by atoms with van der Waals surface area (Å²) < 4.78 is 84.1. The largest absolute Gasteiger partial charge is 0.502 e. The molecule has 12 nitrogen and oxygen atoms in total. The SMILES string of the molecule is CO/C=C(/c1cnn2cc([C@@H](NC(=O)OCc3ccno3)C3CCC(F)(F)CC3)nc2c1)N1C[C@@H](C(F)(F)F)NC1=O. The number of carbonyl (C=O) groups excluding carboxylic acids is 2. The highest BCUT2D eigenvalue weighted by molar-refractivity contribution is 5.88. The molecule has 1 saturated heterocycles. The normalized spacial score (nSPS) is 20.4. The van der Waals surface area contributed by atoms with E-state index in [0.717, 1.165) is 11.2 Å². The van der Waals surface area contributed by atoms with Crippen LogP contribution in [0.5, 0.6) is 0 Å². The van der Waals surface area contributed by atoms with E-state index >= 15 is 0 Å². The van der Waals surface area contributed by atoms with Gasteiger partial charge in [-0.25, -0.2) is 27.9 Å². The molecule has 2 fully saturated rings. The van der Waals surface area contributed by atoms with Crippen LogP contribution in [0.25, 0.3) is 11.3 Å². The van der Waals surface area contributed by atoms with Gasteiger partial charge in [0.05, 0.1) is 49.7 Å². The number of ether oxygens (including phenoxy) is 2. The maximum absolute atomic E-state index is 13.9. The number of nitrogens with zero attached hydrogens (tertiary/aromatic N) is 5. The maximum atomic E-state index is 13.9. The molecular weight excluding hydrogens is 573 g/mol. The molecule has 3 amide bonds. The van der Waals surface area contributed by atoms with Crippen LogP contribution in [0.4, 0.5) is 31.5 Å². The molecular formula is C25H26F5N7O5. The first-order valence-electron chi connectivity index (χ1n) is 12.9.